The first-order valence-electron chi connectivity index (χ1n) is 21.5. The molecule has 0 saturated carbocycles. The van der Waals surface area contributed by atoms with Crippen LogP contribution in [0.4, 0.5) is 17.1 Å². The monoisotopic (exact) mass is 769 g/mol. The van der Waals surface area contributed by atoms with Crippen molar-refractivity contribution in [2.24, 2.45) is 0 Å². The van der Waals surface area contributed by atoms with Crippen LogP contribution in [0.25, 0.3) is 66.1 Å². The van der Waals surface area contributed by atoms with Gasteiger partial charge in [0.1, 0.15) is 0 Å². The second kappa shape index (κ2) is 12.2. The third-order valence-electron chi connectivity index (χ3n) is 14.6. The molecule has 0 amide bonds. The standard InChI is InChI=1S/C59H47N/c1-57(2)50-22-14-12-20-42(50)44-26-24-40(33-54(44)57)60(39-25-28-52-47(32-39)46-30-37-18-10-11-19-38(37)31-53(46)59(52,5)6)56-29-27-41(36-16-8-7-9-17-36)45-34-48-43-21-13-15-23-51(43)58(3,4)55(48)35-49(45)56/h7-35H,1-6H3. The molecule has 0 aliphatic heterocycles. The average Bonchev–Trinajstić information content (AvgIpc) is 3.74. The summed E-state index contributed by atoms with van der Waals surface area (Å²) in [5, 5.41) is 5.10. The molecule has 0 radical (unpaired) electrons. The summed E-state index contributed by atoms with van der Waals surface area (Å²) < 4.78 is 0. The number of anilines is 3. The summed E-state index contributed by atoms with van der Waals surface area (Å²) in [7, 11) is 0. The van der Waals surface area contributed by atoms with E-state index in [4.69, 9.17) is 0 Å². The molecule has 3 aliphatic carbocycles. The van der Waals surface area contributed by atoms with Crippen LogP contribution in [0.3, 0.4) is 0 Å². The van der Waals surface area contributed by atoms with Crippen molar-refractivity contribution in [3.63, 3.8) is 0 Å². The van der Waals surface area contributed by atoms with Gasteiger partial charge in [-0.15, -0.1) is 0 Å². The molecular weight excluding hydrogens is 723 g/mol. The maximum Gasteiger partial charge on any atom is 0.0540 e. The van der Waals surface area contributed by atoms with E-state index in [-0.39, 0.29) is 16.2 Å². The van der Waals surface area contributed by atoms with Crippen LogP contribution in [0.2, 0.25) is 0 Å². The number of hydrogen-bond acceptors (Lipinski definition) is 1. The van der Waals surface area contributed by atoms with Gasteiger partial charge >= 0.3 is 0 Å². The van der Waals surface area contributed by atoms with Crippen LogP contribution in [0, 0.1) is 0 Å². The normalized spacial score (nSPS) is 15.6. The number of benzene rings is 9. The molecule has 0 unspecified atom stereocenters. The summed E-state index contributed by atoms with van der Waals surface area (Å²) >= 11 is 0. The summed E-state index contributed by atoms with van der Waals surface area (Å²) in [4.78, 5) is 2.56. The smallest absolute Gasteiger partial charge is 0.0540 e. The molecule has 288 valence electrons. The van der Waals surface area contributed by atoms with Crippen LogP contribution in [-0.2, 0) is 16.2 Å². The van der Waals surface area contributed by atoms with Crippen molar-refractivity contribution in [1.82, 2.24) is 0 Å². The van der Waals surface area contributed by atoms with Crippen molar-refractivity contribution in [2.75, 3.05) is 4.90 Å². The molecule has 9 aromatic rings. The minimum atomic E-state index is -0.139. The maximum atomic E-state index is 2.56. The van der Waals surface area contributed by atoms with Crippen molar-refractivity contribution in [3.05, 3.63) is 209 Å². The van der Waals surface area contributed by atoms with Crippen LogP contribution in [-0.4, -0.2) is 0 Å². The minimum Gasteiger partial charge on any atom is -0.310 e. The molecule has 0 fully saturated rings. The van der Waals surface area contributed by atoms with Crippen molar-refractivity contribution >= 4 is 38.6 Å². The molecule has 1 heteroatoms. The Bertz CT molecular complexity index is 3290. The zero-order valence-electron chi connectivity index (χ0n) is 35.2. The minimum absolute atomic E-state index is 0.118. The first-order valence-corrected chi connectivity index (χ1v) is 21.5. The van der Waals surface area contributed by atoms with Crippen molar-refractivity contribution in [1.29, 1.82) is 0 Å². The maximum absolute atomic E-state index is 2.56. The lowest BCUT2D eigenvalue weighted by atomic mass is 9.81. The molecule has 0 atom stereocenters. The molecule has 0 aromatic heterocycles. The Morgan fingerprint density at radius 1 is 0.300 bits per heavy atom. The van der Waals surface area contributed by atoms with Crippen LogP contribution in [0.15, 0.2) is 176 Å². The number of hydrogen-bond donors (Lipinski definition) is 0. The van der Waals surface area contributed by atoms with Gasteiger partial charge < -0.3 is 4.90 Å². The van der Waals surface area contributed by atoms with Gasteiger partial charge in [0.25, 0.3) is 0 Å². The summed E-state index contributed by atoms with van der Waals surface area (Å²) in [5.41, 5.74) is 21.9. The van der Waals surface area contributed by atoms with Gasteiger partial charge in [0.05, 0.1) is 5.69 Å². The lowest BCUT2D eigenvalue weighted by molar-refractivity contribution is 0.660. The molecule has 12 rings (SSSR count). The molecular formula is C59H47N. The van der Waals surface area contributed by atoms with Gasteiger partial charge in [-0.25, -0.2) is 0 Å². The van der Waals surface area contributed by atoms with Crippen LogP contribution >= 0.6 is 0 Å². The second-order valence-corrected chi connectivity index (χ2v) is 18.9. The van der Waals surface area contributed by atoms with E-state index in [2.05, 4.69) is 222 Å². The van der Waals surface area contributed by atoms with E-state index >= 15 is 0 Å². The van der Waals surface area contributed by atoms with Crippen LogP contribution in [0.5, 0.6) is 0 Å². The summed E-state index contributed by atoms with van der Waals surface area (Å²) in [6, 6.07) is 66.8. The molecule has 0 spiro atoms. The van der Waals surface area contributed by atoms with Crippen LogP contribution < -0.4 is 4.90 Å². The highest BCUT2D eigenvalue weighted by Gasteiger charge is 2.39. The fourth-order valence-electron chi connectivity index (χ4n) is 11.4. The SMILES string of the molecule is CC1(C)c2ccccc2-c2ccc(N(c3ccc4c(c3)-c3cc5ccccc5cc3C4(C)C)c3ccc(-c4ccccc4)c4cc5c(cc34)C(C)(C)c3ccccc3-5)cc21. The molecule has 0 heterocycles. The Morgan fingerprint density at radius 3 is 1.50 bits per heavy atom. The van der Waals surface area contributed by atoms with Crippen molar-refractivity contribution in [2.45, 2.75) is 57.8 Å². The third kappa shape index (κ3) is 4.75. The molecule has 60 heavy (non-hydrogen) atoms. The van der Waals surface area contributed by atoms with E-state index in [1.807, 2.05) is 0 Å². The third-order valence-corrected chi connectivity index (χ3v) is 14.6. The zero-order valence-corrected chi connectivity index (χ0v) is 35.2. The largest absolute Gasteiger partial charge is 0.310 e. The van der Waals surface area contributed by atoms with E-state index < -0.39 is 0 Å². The summed E-state index contributed by atoms with van der Waals surface area (Å²) in [6.45, 7) is 14.3. The van der Waals surface area contributed by atoms with E-state index in [0.29, 0.717) is 0 Å². The van der Waals surface area contributed by atoms with Crippen molar-refractivity contribution in [3.8, 4) is 44.5 Å². The molecule has 0 bridgehead atoms. The molecule has 1 nitrogen and oxygen atoms in total. The lowest BCUT2D eigenvalue weighted by Crippen LogP contribution is -2.17. The highest BCUT2D eigenvalue weighted by Crippen LogP contribution is 2.56. The molecule has 0 saturated heterocycles. The quantitative estimate of drug-likeness (QED) is 0.172. The van der Waals surface area contributed by atoms with Gasteiger partial charge in [-0.2, -0.15) is 0 Å². The van der Waals surface area contributed by atoms with Gasteiger partial charge in [-0.05, 0) is 149 Å². The number of nitrogens with zero attached hydrogens (tertiary/aromatic N) is 1. The lowest BCUT2D eigenvalue weighted by Gasteiger charge is -2.31. The Kier molecular flexibility index (Phi) is 7.16. The first kappa shape index (κ1) is 35.3. The Hall–Kier alpha value is -6.70. The molecule has 0 N–H and O–H groups in total. The predicted molar refractivity (Wildman–Crippen MR) is 254 cm³/mol. The van der Waals surface area contributed by atoms with Gasteiger partial charge in [0, 0.05) is 33.0 Å². The van der Waals surface area contributed by atoms with Gasteiger partial charge in [0.2, 0.25) is 0 Å². The number of fused-ring (bicyclic) bond motifs is 11. The Labute approximate surface area is 353 Å². The molecule has 3 aliphatic rings. The van der Waals surface area contributed by atoms with E-state index in [1.54, 1.807) is 0 Å². The summed E-state index contributed by atoms with van der Waals surface area (Å²) in [5.74, 6) is 0. The fraction of sp³-hybridized carbons (Fsp3) is 0.153. The second-order valence-electron chi connectivity index (χ2n) is 18.9. The summed E-state index contributed by atoms with van der Waals surface area (Å²) in [6.07, 6.45) is 0. The highest BCUT2D eigenvalue weighted by atomic mass is 15.1. The van der Waals surface area contributed by atoms with Gasteiger partial charge in [0.15, 0.2) is 0 Å². The average molecular weight is 770 g/mol. The van der Waals surface area contributed by atoms with Crippen molar-refractivity contribution < 1.29 is 0 Å². The zero-order chi connectivity index (χ0) is 40.7. The Morgan fingerprint density at radius 2 is 0.783 bits per heavy atom. The van der Waals surface area contributed by atoms with E-state index in [1.165, 1.54) is 111 Å². The van der Waals surface area contributed by atoms with Gasteiger partial charge in [-0.3, -0.25) is 0 Å². The fourth-order valence-corrected chi connectivity index (χ4v) is 11.4. The highest BCUT2D eigenvalue weighted by molar-refractivity contribution is 6.10. The van der Waals surface area contributed by atoms with Gasteiger partial charge in [-0.1, -0.05) is 163 Å². The van der Waals surface area contributed by atoms with E-state index in [0.717, 1.165) is 5.69 Å². The Balaban J connectivity index is 1.15. The first-order chi connectivity index (χ1) is 29.0. The topological polar surface area (TPSA) is 3.24 Å². The van der Waals surface area contributed by atoms with E-state index in [9.17, 15) is 0 Å². The number of rotatable bonds is 4. The molecule has 9 aromatic carbocycles. The van der Waals surface area contributed by atoms with Crippen LogP contribution in [0.1, 0.15) is 74.9 Å². The predicted octanol–water partition coefficient (Wildman–Crippen LogP) is 16.0.